The van der Waals surface area contributed by atoms with E-state index in [1.807, 2.05) is 33.8 Å². The predicted octanol–water partition coefficient (Wildman–Crippen LogP) is 3.67. The predicted molar refractivity (Wildman–Crippen MR) is 115 cm³/mol. The van der Waals surface area contributed by atoms with Crippen molar-refractivity contribution < 1.29 is 19.1 Å². The van der Waals surface area contributed by atoms with E-state index in [2.05, 4.69) is 16.0 Å². The van der Waals surface area contributed by atoms with Gasteiger partial charge in [0.1, 0.15) is 0 Å². The van der Waals surface area contributed by atoms with Crippen molar-refractivity contribution in [3.63, 3.8) is 0 Å². The number of anilines is 2. The summed E-state index contributed by atoms with van der Waals surface area (Å²) in [7, 11) is 0. The average molecular weight is 399 g/mol. The Morgan fingerprint density at radius 3 is 2.34 bits per heavy atom. The zero-order valence-electron chi connectivity index (χ0n) is 17.4. The van der Waals surface area contributed by atoms with E-state index >= 15 is 0 Å². The summed E-state index contributed by atoms with van der Waals surface area (Å²) in [4.78, 5) is 24.4. The minimum absolute atomic E-state index is 0.0561. The summed E-state index contributed by atoms with van der Waals surface area (Å²) < 4.78 is 11.1. The van der Waals surface area contributed by atoms with E-state index in [4.69, 9.17) is 9.47 Å². The first-order valence-electron chi connectivity index (χ1n) is 9.77. The molecule has 7 heteroatoms. The molecule has 0 aliphatic carbocycles. The maximum Gasteiger partial charge on any atom is 0.251 e. The molecule has 0 radical (unpaired) electrons. The van der Waals surface area contributed by atoms with Crippen LogP contribution in [0.15, 0.2) is 42.5 Å². The normalized spacial score (nSPS) is 10.4. The highest BCUT2D eigenvalue weighted by molar-refractivity contribution is 5.96. The molecule has 156 valence electrons. The van der Waals surface area contributed by atoms with E-state index in [9.17, 15) is 9.59 Å². The van der Waals surface area contributed by atoms with Gasteiger partial charge in [-0.1, -0.05) is 6.07 Å². The first kappa shape index (κ1) is 22.1. The molecule has 2 rings (SSSR count). The minimum Gasteiger partial charge on any atom is -0.490 e. The van der Waals surface area contributed by atoms with E-state index < -0.39 is 0 Å². The molecule has 0 unspecified atom stereocenters. The Morgan fingerprint density at radius 2 is 1.66 bits per heavy atom. The molecule has 2 amide bonds. The van der Waals surface area contributed by atoms with Crippen LogP contribution in [-0.2, 0) is 4.79 Å². The first-order chi connectivity index (χ1) is 13.9. The molecule has 2 aromatic carbocycles. The molecule has 0 saturated carbocycles. The van der Waals surface area contributed by atoms with Crippen molar-refractivity contribution in [2.75, 3.05) is 30.4 Å². The number of hydrogen-bond donors (Lipinski definition) is 3. The monoisotopic (exact) mass is 399 g/mol. The van der Waals surface area contributed by atoms with Crippen LogP contribution in [0.25, 0.3) is 0 Å². The fraction of sp³-hybridized carbons (Fsp3) is 0.364. The number of benzene rings is 2. The molecule has 0 saturated heterocycles. The lowest BCUT2D eigenvalue weighted by Crippen LogP contribution is -2.30. The molecule has 29 heavy (non-hydrogen) atoms. The van der Waals surface area contributed by atoms with Crippen molar-refractivity contribution >= 4 is 23.2 Å². The third-order valence-electron chi connectivity index (χ3n) is 3.82. The van der Waals surface area contributed by atoms with Gasteiger partial charge in [-0.2, -0.15) is 0 Å². The van der Waals surface area contributed by atoms with Gasteiger partial charge in [-0.3, -0.25) is 9.59 Å². The fourth-order valence-corrected chi connectivity index (χ4v) is 2.63. The molecule has 0 atom stereocenters. The van der Waals surface area contributed by atoms with E-state index in [0.29, 0.717) is 41.7 Å². The van der Waals surface area contributed by atoms with Crippen LogP contribution < -0.4 is 25.4 Å². The van der Waals surface area contributed by atoms with Crippen LogP contribution in [0.1, 0.15) is 38.1 Å². The van der Waals surface area contributed by atoms with E-state index in [1.54, 1.807) is 36.4 Å². The van der Waals surface area contributed by atoms with Gasteiger partial charge in [0.15, 0.2) is 11.5 Å². The Bertz CT molecular complexity index is 837. The topological polar surface area (TPSA) is 88.7 Å². The first-order valence-corrected chi connectivity index (χ1v) is 9.77. The average Bonchev–Trinajstić information content (AvgIpc) is 2.68. The van der Waals surface area contributed by atoms with Gasteiger partial charge in [-0.15, -0.1) is 0 Å². The second-order valence-corrected chi connectivity index (χ2v) is 6.64. The molecule has 2 aromatic rings. The third-order valence-corrected chi connectivity index (χ3v) is 3.82. The molecular formula is C22H29N3O4. The third kappa shape index (κ3) is 7.03. The van der Waals surface area contributed by atoms with E-state index in [0.717, 1.165) is 0 Å². The van der Waals surface area contributed by atoms with Crippen molar-refractivity contribution in [3.8, 4) is 11.5 Å². The molecule has 7 nitrogen and oxygen atoms in total. The number of rotatable bonds is 10. The zero-order chi connectivity index (χ0) is 21.2. The van der Waals surface area contributed by atoms with Crippen molar-refractivity contribution in [3.05, 3.63) is 48.0 Å². The number of ether oxygens (including phenoxy) is 2. The number of carbonyl (C=O) groups is 2. The zero-order valence-corrected chi connectivity index (χ0v) is 17.4. The van der Waals surface area contributed by atoms with Gasteiger partial charge >= 0.3 is 0 Å². The number of amides is 2. The maximum absolute atomic E-state index is 12.3. The largest absolute Gasteiger partial charge is 0.490 e. The lowest BCUT2D eigenvalue weighted by atomic mass is 10.1. The molecule has 0 aliphatic heterocycles. The van der Waals surface area contributed by atoms with E-state index in [1.165, 1.54) is 0 Å². The number of hydrogen-bond acceptors (Lipinski definition) is 5. The summed E-state index contributed by atoms with van der Waals surface area (Å²) in [5, 5.41) is 8.71. The molecule has 0 bridgehead atoms. The van der Waals surface area contributed by atoms with Crippen molar-refractivity contribution in [2.45, 2.75) is 33.7 Å². The molecule has 0 aliphatic rings. The second-order valence-electron chi connectivity index (χ2n) is 6.64. The molecule has 0 spiro atoms. The van der Waals surface area contributed by atoms with Gasteiger partial charge in [0.05, 0.1) is 19.8 Å². The Morgan fingerprint density at radius 1 is 0.931 bits per heavy atom. The highest BCUT2D eigenvalue weighted by atomic mass is 16.5. The van der Waals surface area contributed by atoms with Gasteiger partial charge in [0.2, 0.25) is 5.91 Å². The van der Waals surface area contributed by atoms with Gasteiger partial charge in [-0.05, 0) is 58.0 Å². The van der Waals surface area contributed by atoms with E-state index in [-0.39, 0.29) is 24.4 Å². The van der Waals surface area contributed by atoms with Gasteiger partial charge in [0, 0.05) is 29.0 Å². The highest BCUT2D eigenvalue weighted by Gasteiger charge is 2.10. The number of nitrogens with one attached hydrogen (secondary N) is 3. The summed E-state index contributed by atoms with van der Waals surface area (Å²) in [6, 6.07) is 12.4. The van der Waals surface area contributed by atoms with Crippen molar-refractivity contribution in [1.82, 2.24) is 5.32 Å². The molecule has 3 N–H and O–H groups in total. The SMILES string of the molecule is CCOc1ccc(NC(=O)CNc2cccc(C(=O)NC(C)C)c2)cc1OCC. The Labute approximate surface area is 171 Å². The summed E-state index contributed by atoms with van der Waals surface area (Å²) in [6.07, 6.45) is 0. The molecule has 0 fully saturated rings. The lowest BCUT2D eigenvalue weighted by molar-refractivity contribution is -0.114. The van der Waals surface area contributed by atoms with Gasteiger partial charge in [0.25, 0.3) is 5.91 Å². The van der Waals surface area contributed by atoms with Gasteiger partial charge in [-0.25, -0.2) is 0 Å². The van der Waals surface area contributed by atoms with Crippen molar-refractivity contribution in [1.29, 1.82) is 0 Å². The molecule has 0 aromatic heterocycles. The summed E-state index contributed by atoms with van der Waals surface area (Å²) >= 11 is 0. The highest BCUT2D eigenvalue weighted by Crippen LogP contribution is 2.30. The molecule has 0 heterocycles. The summed E-state index contributed by atoms with van der Waals surface area (Å²) in [6.45, 7) is 8.69. The Balaban J connectivity index is 1.96. The minimum atomic E-state index is -0.214. The van der Waals surface area contributed by atoms with Crippen LogP contribution in [0, 0.1) is 0 Å². The summed E-state index contributed by atoms with van der Waals surface area (Å²) in [5.41, 5.74) is 1.85. The van der Waals surface area contributed by atoms with Crippen LogP contribution in [-0.4, -0.2) is 37.6 Å². The quantitative estimate of drug-likeness (QED) is 0.567. The van der Waals surface area contributed by atoms with Crippen LogP contribution in [0.4, 0.5) is 11.4 Å². The lowest BCUT2D eigenvalue weighted by Gasteiger charge is -2.13. The van der Waals surface area contributed by atoms with Crippen molar-refractivity contribution in [2.24, 2.45) is 0 Å². The van der Waals surface area contributed by atoms with Crippen LogP contribution in [0.5, 0.6) is 11.5 Å². The Hall–Kier alpha value is -3.22. The summed E-state index contributed by atoms with van der Waals surface area (Å²) in [5.74, 6) is 0.866. The second kappa shape index (κ2) is 10.9. The maximum atomic E-state index is 12.3. The number of carbonyl (C=O) groups excluding carboxylic acids is 2. The standard InChI is InChI=1S/C22H29N3O4/c1-5-28-19-11-10-18(13-20(19)29-6-2)25-21(26)14-23-17-9-7-8-16(12-17)22(27)24-15(3)4/h7-13,15,23H,5-6,14H2,1-4H3,(H,24,27)(H,25,26). The van der Waals surface area contributed by atoms with Gasteiger partial charge < -0.3 is 25.4 Å². The smallest absolute Gasteiger partial charge is 0.251 e. The Kier molecular flexibility index (Phi) is 8.33. The van der Waals surface area contributed by atoms with Crippen LogP contribution >= 0.6 is 0 Å². The fourth-order valence-electron chi connectivity index (χ4n) is 2.63. The van der Waals surface area contributed by atoms with Crippen LogP contribution in [0.3, 0.4) is 0 Å². The molecular weight excluding hydrogens is 370 g/mol. The van der Waals surface area contributed by atoms with Crippen LogP contribution in [0.2, 0.25) is 0 Å².